The maximum atomic E-state index is 12.1. The highest BCUT2D eigenvalue weighted by Crippen LogP contribution is 2.47. The minimum Gasteiger partial charge on any atom is -0.284 e. The van der Waals surface area contributed by atoms with E-state index >= 15 is 0 Å². The van der Waals surface area contributed by atoms with Crippen molar-refractivity contribution >= 4 is 21.9 Å². The van der Waals surface area contributed by atoms with E-state index in [1.807, 2.05) is 0 Å². The van der Waals surface area contributed by atoms with Crippen LogP contribution in [-0.4, -0.2) is 23.2 Å². The van der Waals surface area contributed by atoms with E-state index in [4.69, 9.17) is 4.55 Å². The third kappa shape index (κ3) is 2.43. The lowest BCUT2D eigenvalue weighted by molar-refractivity contribution is -0.136. The zero-order valence-corrected chi connectivity index (χ0v) is 8.42. The van der Waals surface area contributed by atoms with Crippen molar-refractivity contribution in [2.45, 2.75) is 23.1 Å². The molecule has 0 aromatic carbocycles. The van der Waals surface area contributed by atoms with E-state index in [0.717, 1.165) is 0 Å². The summed E-state index contributed by atoms with van der Waals surface area (Å²) in [5, 5.41) is 1.25. The summed E-state index contributed by atoms with van der Waals surface area (Å²) in [6.45, 7) is 0. The Kier molecular flexibility index (Phi) is 2.90. The molecule has 1 rings (SSSR count). The van der Waals surface area contributed by atoms with Crippen LogP contribution in [0.3, 0.4) is 0 Å². The molecule has 14 heavy (non-hydrogen) atoms. The maximum Gasteiger partial charge on any atom is 0.391 e. The highest BCUT2D eigenvalue weighted by atomic mass is 32.3. The maximum absolute atomic E-state index is 12.1. The second-order valence-corrected chi connectivity index (χ2v) is 6.15. The zero-order chi connectivity index (χ0) is 11.0. The predicted molar refractivity (Wildman–Crippen MR) is 46.3 cm³/mol. The Morgan fingerprint density at radius 3 is 2.36 bits per heavy atom. The van der Waals surface area contributed by atoms with Crippen LogP contribution in [0.4, 0.5) is 13.2 Å². The van der Waals surface area contributed by atoms with Crippen molar-refractivity contribution < 1.29 is 26.1 Å². The summed E-state index contributed by atoms with van der Waals surface area (Å²) < 4.78 is 64.4. The Morgan fingerprint density at radius 1 is 1.50 bits per heavy atom. The number of rotatable bonds is 2. The first-order valence-corrected chi connectivity index (χ1v) is 5.85. The van der Waals surface area contributed by atoms with Crippen molar-refractivity contribution in [3.05, 3.63) is 11.5 Å². The molecule has 82 valence electrons. The molecule has 1 unspecified atom stereocenters. The number of hydrogen-bond donors (Lipinski definition) is 1. The summed E-state index contributed by atoms with van der Waals surface area (Å²) in [6, 6.07) is 0. The Morgan fingerprint density at radius 2 is 2.07 bits per heavy atom. The van der Waals surface area contributed by atoms with Crippen molar-refractivity contribution in [3.8, 4) is 0 Å². The van der Waals surface area contributed by atoms with Gasteiger partial charge in [-0.3, -0.25) is 4.55 Å². The Balaban J connectivity index is 2.97. The van der Waals surface area contributed by atoms with Crippen molar-refractivity contribution in [1.82, 2.24) is 0 Å². The molecule has 1 aliphatic rings. The second kappa shape index (κ2) is 3.42. The highest BCUT2D eigenvalue weighted by Gasteiger charge is 2.52. The lowest BCUT2D eigenvalue weighted by Crippen LogP contribution is -2.37. The van der Waals surface area contributed by atoms with Gasteiger partial charge in [-0.2, -0.15) is 21.6 Å². The monoisotopic (exact) mass is 248 g/mol. The van der Waals surface area contributed by atoms with Gasteiger partial charge in [0.1, 0.15) is 0 Å². The van der Waals surface area contributed by atoms with E-state index in [-0.39, 0.29) is 6.42 Å². The number of thioether (sulfide) groups is 1. The number of alkyl halides is 3. The molecule has 8 heteroatoms. The molecule has 3 nitrogen and oxygen atoms in total. The standard InChI is InChI=1S/C6H7F3O3S2/c7-6(8,9)4-5(14(10,11)12)2-1-3-13-5/h1,3H,2,4H2,(H,10,11,12). The summed E-state index contributed by atoms with van der Waals surface area (Å²) >= 11 is 0.485. The fourth-order valence-electron chi connectivity index (χ4n) is 1.12. The number of halogens is 3. The molecule has 0 aromatic heterocycles. The molecule has 0 radical (unpaired) electrons. The molecule has 0 aliphatic carbocycles. The predicted octanol–water partition coefficient (Wildman–Crippen LogP) is 2.17. The summed E-state index contributed by atoms with van der Waals surface area (Å²) in [6.07, 6.45) is -5.19. The lowest BCUT2D eigenvalue weighted by Gasteiger charge is -2.25. The number of hydrogen-bond acceptors (Lipinski definition) is 3. The van der Waals surface area contributed by atoms with Crippen LogP contribution in [0.15, 0.2) is 11.5 Å². The molecule has 0 bridgehead atoms. The van der Waals surface area contributed by atoms with Crippen LogP contribution in [0.1, 0.15) is 12.8 Å². The van der Waals surface area contributed by atoms with Gasteiger partial charge in [-0.25, -0.2) is 0 Å². The van der Waals surface area contributed by atoms with Crippen LogP contribution >= 0.6 is 11.8 Å². The first-order valence-electron chi connectivity index (χ1n) is 3.53. The van der Waals surface area contributed by atoms with Crippen LogP contribution in [0, 0.1) is 0 Å². The third-order valence-electron chi connectivity index (χ3n) is 1.75. The average Bonchev–Trinajstić information content (AvgIpc) is 2.31. The zero-order valence-electron chi connectivity index (χ0n) is 6.78. The SMILES string of the molecule is O=S(=O)(O)C1(CC(F)(F)F)CC=CS1. The van der Waals surface area contributed by atoms with E-state index < -0.39 is 26.8 Å². The molecule has 0 fully saturated rings. The summed E-state index contributed by atoms with van der Waals surface area (Å²) in [5.74, 6) is 0. The van der Waals surface area contributed by atoms with E-state index in [1.54, 1.807) is 0 Å². The molecule has 0 aromatic rings. The van der Waals surface area contributed by atoms with Gasteiger partial charge in [0, 0.05) is 0 Å². The summed E-state index contributed by atoms with van der Waals surface area (Å²) in [4.78, 5) is 0. The fourth-order valence-corrected chi connectivity index (χ4v) is 3.31. The van der Waals surface area contributed by atoms with Crippen molar-refractivity contribution in [3.63, 3.8) is 0 Å². The Hall–Kier alpha value is -0.210. The van der Waals surface area contributed by atoms with Crippen LogP contribution in [0.5, 0.6) is 0 Å². The molecular weight excluding hydrogens is 241 g/mol. The fraction of sp³-hybridized carbons (Fsp3) is 0.667. The van der Waals surface area contributed by atoms with Gasteiger partial charge in [0.05, 0.1) is 6.42 Å². The van der Waals surface area contributed by atoms with Gasteiger partial charge in [-0.1, -0.05) is 6.08 Å². The Labute approximate surface area is 83.1 Å². The minimum absolute atomic E-state index is 0.323. The summed E-state index contributed by atoms with van der Waals surface area (Å²) in [5.41, 5.74) is 0. The van der Waals surface area contributed by atoms with Crippen molar-refractivity contribution in [2.24, 2.45) is 0 Å². The van der Waals surface area contributed by atoms with Gasteiger partial charge in [-0.15, -0.1) is 11.8 Å². The second-order valence-electron chi connectivity index (χ2n) is 2.87. The molecule has 1 heterocycles. The smallest absolute Gasteiger partial charge is 0.284 e. The minimum atomic E-state index is -4.72. The molecule has 1 N–H and O–H groups in total. The molecule has 1 atom stereocenters. The molecule has 0 amide bonds. The van der Waals surface area contributed by atoms with Gasteiger partial charge >= 0.3 is 6.18 Å². The van der Waals surface area contributed by atoms with Gasteiger partial charge in [0.25, 0.3) is 10.1 Å². The van der Waals surface area contributed by atoms with Crippen LogP contribution in [0.25, 0.3) is 0 Å². The van der Waals surface area contributed by atoms with Gasteiger partial charge in [-0.05, 0) is 11.8 Å². The van der Waals surface area contributed by atoms with Crippen molar-refractivity contribution in [1.29, 1.82) is 0 Å². The van der Waals surface area contributed by atoms with E-state index in [1.165, 1.54) is 11.5 Å². The average molecular weight is 248 g/mol. The lowest BCUT2D eigenvalue weighted by atomic mass is 10.2. The van der Waals surface area contributed by atoms with Gasteiger partial charge < -0.3 is 0 Å². The van der Waals surface area contributed by atoms with Crippen LogP contribution in [0.2, 0.25) is 0 Å². The van der Waals surface area contributed by atoms with Crippen molar-refractivity contribution in [2.75, 3.05) is 0 Å². The molecule has 1 aliphatic heterocycles. The van der Waals surface area contributed by atoms with E-state index in [9.17, 15) is 21.6 Å². The quantitative estimate of drug-likeness (QED) is 0.761. The first-order chi connectivity index (χ1) is 6.16. The topological polar surface area (TPSA) is 54.4 Å². The van der Waals surface area contributed by atoms with Gasteiger partial charge in [0.2, 0.25) is 0 Å². The highest BCUT2D eigenvalue weighted by molar-refractivity contribution is 8.14. The molecule has 0 saturated heterocycles. The largest absolute Gasteiger partial charge is 0.391 e. The number of allylic oxidation sites excluding steroid dienone is 1. The first kappa shape index (κ1) is 11.9. The van der Waals surface area contributed by atoms with E-state index in [2.05, 4.69) is 0 Å². The Bertz CT molecular complexity index is 336. The normalized spacial score (nSPS) is 28.3. The van der Waals surface area contributed by atoms with Gasteiger partial charge in [0.15, 0.2) is 4.08 Å². The van der Waals surface area contributed by atoms with Crippen LogP contribution in [-0.2, 0) is 10.1 Å². The van der Waals surface area contributed by atoms with Crippen LogP contribution < -0.4 is 0 Å². The molecular formula is C6H7F3O3S2. The molecule has 0 saturated carbocycles. The summed E-state index contributed by atoms with van der Waals surface area (Å²) in [7, 11) is -4.72. The molecule has 0 spiro atoms. The van der Waals surface area contributed by atoms with E-state index in [0.29, 0.717) is 11.8 Å². The third-order valence-corrected chi connectivity index (χ3v) is 4.99.